The quantitative estimate of drug-likeness (QED) is 0.285. The molecule has 5 heterocycles. The number of nitrogens with one attached hydrogen (secondary N) is 1. The second kappa shape index (κ2) is 10.9. The lowest BCUT2D eigenvalue weighted by Gasteiger charge is -2.15. The molecule has 1 saturated heterocycles. The Balaban J connectivity index is 1.19. The lowest BCUT2D eigenvalue weighted by molar-refractivity contribution is 0.208. The number of benzene rings is 1. The van der Waals surface area contributed by atoms with Crippen LogP contribution in [-0.2, 0) is 6.54 Å². The number of likely N-dealkylation sites (N-methyl/N-ethyl adjacent to an activating group) is 1. The number of hydrogen-bond donors (Lipinski definition) is 1. The van der Waals surface area contributed by atoms with Gasteiger partial charge < -0.3 is 15.0 Å². The van der Waals surface area contributed by atoms with Crippen molar-refractivity contribution in [3.8, 4) is 28.3 Å². The van der Waals surface area contributed by atoms with Crippen LogP contribution in [0.2, 0.25) is 0 Å². The van der Waals surface area contributed by atoms with Gasteiger partial charge in [0.05, 0.1) is 23.1 Å². The van der Waals surface area contributed by atoms with Crippen molar-refractivity contribution in [2.75, 3.05) is 25.5 Å². The Morgan fingerprint density at radius 2 is 1.86 bits per heavy atom. The maximum atomic E-state index is 13.9. The molecule has 0 amide bonds. The van der Waals surface area contributed by atoms with Gasteiger partial charge >= 0.3 is 0 Å². The molecular weight excluding hydrogens is 528 g/mol. The van der Waals surface area contributed by atoms with Crippen molar-refractivity contribution in [2.24, 2.45) is 5.92 Å². The summed E-state index contributed by atoms with van der Waals surface area (Å²) in [7, 11) is 2.11. The number of aromatic nitrogens is 6. The smallest absolute Gasteiger partial charge is 0.261 e. The standard InChI is InChI=1S/C32H32N8O2/c1-20-13-22(28-17-33-10-11-34-28)15-35-29(20)27-14-23-16-36-32(38-30(23)40(31(27)41)18-21-3-4-21)37-24-5-7-25(8-6-24)42-26-9-12-39(2)19-26/h5-8,10-11,13-17,21,26H,3-4,9,12,18-19H2,1-2H3,(H,36,37,38). The number of anilines is 2. The maximum Gasteiger partial charge on any atom is 0.261 e. The van der Waals surface area contributed by atoms with E-state index in [4.69, 9.17) is 14.7 Å². The summed E-state index contributed by atoms with van der Waals surface area (Å²) >= 11 is 0. The maximum absolute atomic E-state index is 13.9. The summed E-state index contributed by atoms with van der Waals surface area (Å²) in [5.74, 6) is 1.76. The number of nitrogens with zero attached hydrogens (tertiary/aromatic N) is 7. The van der Waals surface area contributed by atoms with Crippen LogP contribution in [0.5, 0.6) is 5.75 Å². The third-order valence-corrected chi connectivity index (χ3v) is 7.92. The minimum atomic E-state index is -0.0963. The first kappa shape index (κ1) is 26.2. The Morgan fingerprint density at radius 1 is 1.00 bits per heavy atom. The predicted octanol–water partition coefficient (Wildman–Crippen LogP) is 4.86. The van der Waals surface area contributed by atoms with Crippen molar-refractivity contribution in [3.63, 3.8) is 0 Å². The summed E-state index contributed by atoms with van der Waals surface area (Å²) in [6.45, 7) is 4.59. The highest BCUT2D eigenvalue weighted by atomic mass is 16.5. The molecule has 4 aromatic heterocycles. The van der Waals surface area contributed by atoms with Crippen LogP contribution in [0.4, 0.5) is 11.6 Å². The fourth-order valence-corrected chi connectivity index (χ4v) is 5.49. The molecule has 1 aliphatic carbocycles. The van der Waals surface area contributed by atoms with Crippen LogP contribution in [-0.4, -0.2) is 60.6 Å². The van der Waals surface area contributed by atoms with Gasteiger partial charge in [-0.05, 0) is 81.1 Å². The van der Waals surface area contributed by atoms with E-state index in [1.54, 1.807) is 35.6 Å². The third-order valence-electron chi connectivity index (χ3n) is 7.92. The number of aryl methyl sites for hydroxylation is 1. The molecule has 42 heavy (non-hydrogen) atoms. The molecule has 1 aliphatic heterocycles. The molecule has 0 bridgehead atoms. The molecule has 1 unspecified atom stereocenters. The number of rotatable bonds is 8. The number of ether oxygens (including phenoxy) is 1. The van der Waals surface area contributed by atoms with Crippen LogP contribution in [0, 0.1) is 12.8 Å². The van der Waals surface area contributed by atoms with Gasteiger partial charge in [-0.2, -0.15) is 4.98 Å². The van der Waals surface area contributed by atoms with Gasteiger partial charge in [0, 0.05) is 61.1 Å². The van der Waals surface area contributed by atoms with Gasteiger partial charge in [-0.1, -0.05) is 0 Å². The molecule has 5 aromatic rings. The SMILES string of the molecule is Cc1cc(-c2cnccn2)cnc1-c1cc2cnc(Nc3ccc(OC4CCN(C)C4)cc3)nc2n(CC2CC2)c1=O. The van der Waals surface area contributed by atoms with Crippen LogP contribution in [0.1, 0.15) is 24.8 Å². The molecule has 0 radical (unpaired) electrons. The molecule has 10 nitrogen and oxygen atoms in total. The minimum Gasteiger partial charge on any atom is -0.489 e. The van der Waals surface area contributed by atoms with E-state index >= 15 is 0 Å². The predicted molar refractivity (Wildman–Crippen MR) is 162 cm³/mol. The lowest BCUT2D eigenvalue weighted by atomic mass is 10.0. The van der Waals surface area contributed by atoms with Crippen LogP contribution in [0.3, 0.4) is 0 Å². The first-order valence-corrected chi connectivity index (χ1v) is 14.4. The fraction of sp³-hybridized carbons (Fsp3) is 0.312. The highest BCUT2D eigenvalue weighted by molar-refractivity contribution is 5.82. The van der Waals surface area contributed by atoms with Gasteiger partial charge in [0.15, 0.2) is 0 Å². The van der Waals surface area contributed by atoms with Crippen molar-refractivity contribution in [2.45, 2.75) is 38.8 Å². The first-order chi connectivity index (χ1) is 20.5. The van der Waals surface area contributed by atoms with E-state index in [1.165, 1.54) is 0 Å². The van der Waals surface area contributed by atoms with Crippen molar-refractivity contribution >= 4 is 22.7 Å². The number of pyridine rings is 2. The van der Waals surface area contributed by atoms with E-state index in [0.29, 0.717) is 35.3 Å². The van der Waals surface area contributed by atoms with Crippen LogP contribution in [0.15, 0.2) is 72.2 Å². The zero-order chi connectivity index (χ0) is 28.6. The van der Waals surface area contributed by atoms with Gasteiger partial charge in [0.25, 0.3) is 5.56 Å². The Hall–Kier alpha value is -4.70. The van der Waals surface area contributed by atoms with Crippen LogP contribution in [0.25, 0.3) is 33.5 Å². The zero-order valence-electron chi connectivity index (χ0n) is 23.7. The second-order valence-electron chi connectivity index (χ2n) is 11.3. The summed E-state index contributed by atoms with van der Waals surface area (Å²) in [6.07, 6.45) is 12.0. The van der Waals surface area contributed by atoms with E-state index in [-0.39, 0.29) is 11.7 Å². The summed E-state index contributed by atoms with van der Waals surface area (Å²) in [4.78, 5) is 38.8. The van der Waals surface area contributed by atoms with Crippen LogP contribution >= 0.6 is 0 Å². The molecule has 2 aliphatic rings. The zero-order valence-corrected chi connectivity index (χ0v) is 23.7. The summed E-state index contributed by atoms with van der Waals surface area (Å²) in [5.41, 5.74) is 5.04. The fourth-order valence-electron chi connectivity index (χ4n) is 5.49. The van der Waals surface area contributed by atoms with Crippen molar-refractivity contribution < 1.29 is 4.74 Å². The molecule has 0 spiro atoms. The molecule has 10 heteroatoms. The molecule has 1 N–H and O–H groups in total. The Labute approximate surface area is 243 Å². The van der Waals surface area contributed by atoms with Crippen molar-refractivity contribution in [1.29, 1.82) is 0 Å². The average Bonchev–Trinajstić information content (AvgIpc) is 3.74. The molecule has 1 saturated carbocycles. The van der Waals surface area contributed by atoms with Crippen LogP contribution < -0.4 is 15.6 Å². The van der Waals surface area contributed by atoms with Crippen molar-refractivity contribution in [1.82, 2.24) is 34.4 Å². The van der Waals surface area contributed by atoms with Gasteiger partial charge in [0.1, 0.15) is 17.5 Å². The van der Waals surface area contributed by atoms with Gasteiger partial charge in [-0.3, -0.25) is 24.3 Å². The summed E-state index contributed by atoms with van der Waals surface area (Å²) < 4.78 is 7.91. The minimum absolute atomic E-state index is 0.0963. The summed E-state index contributed by atoms with van der Waals surface area (Å²) in [5, 5.41) is 4.08. The Kier molecular flexibility index (Phi) is 6.83. The average molecular weight is 561 g/mol. The van der Waals surface area contributed by atoms with Crippen molar-refractivity contribution in [3.05, 3.63) is 83.3 Å². The monoisotopic (exact) mass is 560 g/mol. The van der Waals surface area contributed by atoms with E-state index in [0.717, 1.165) is 66.0 Å². The number of likely N-dealkylation sites (tertiary alicyclic amines) is 1. The van der Waals surface area contributed by atoms with Gasteiger partial charge in [-0.25, -0.2) is 4.98 Å². The Bertz CT molecular complexity index is 1800. The van der Waals surface area contributed by atoms with E-state index in [2.05, 4.69) is 32.2 Å². The summed E-state index contributed by atoms with van der Waals surface area (Å²) in [6, 6.07) is 11.7. The first-order valence-electron chi connectivity index (χ1n) is 14.4. The molecular formula is C32H32N8O2. The van der Waals surface area contributed by atoms with E-state index in [9.17, 15) is 4.79 Å². The van der Waals surface area contributed by atoms with Gasteiger partial charge in [-0.15, -0.1) is 0 Å². The van der Waals surface area contributed by atoms with E-state index in [1.807, 2.05) is 43.3 Å². The topological polar surface area (TPSA) is 111 Å². The molecule has 1 aromatic carbocycles. The van der Waals surface area contributed by atoms with E-state index < -0.39 is 0 Å². The Morgan fingerprint density at radius 3 is 2.57 bits per heavy atom. The largest absolute Gasteiger partial charge is 0.489 e. The second-order valence-corrected chi connectivity index (χ2v) is 11.3. The highest BCUT2D eigenvalue weighted by Gasteiger charge is 2.25. The third kappa shape index (κ3) is 5.45. The molecule has 7 rings (SSSR count). The number of hydrogen-bond acceptors (Lipinski definition) is 9. The lowest BCUT2D eigenvalue weighted by Crippen LogP contribution is -2.24. The highest BCUT2D eigenvalue weighted by Crippen LogP contribution is 2.32. The normalized spacial score (nSPS) is 17.0. The molecule has 1 atom stereocenters. The van der Waals surface area contributed by atoms with Gasteiger partial charge in [0.2, 0.25) is 5.95 Å². The molecule has 212 valence electrons. The number of fused-ring (bicyclic) bond motifs is 1. The molecule has 2 fully saturated rings.